The number of primary sulfonamides is 1. The van der Waals surface area contributed by atoms with Gasteiger partial charge in [0.1, 0.15) is 5.82 Å². The molecule has 116 valence electrons. The van der Waals surface area contributed by atoms with E-state index in [4.69, 9.17) is 10.2 Å². The van der Waals surface area contributed by atoms with Gasteiger partial charge in [-0.15, -0.1) is 0 Å². The number of carbonyl (C=O) groups is 1. The van der Waals surface area contributed by atoms with E-state index >= 15 is 0 Å². The number of nitrogens with two attached hydrogens (primary N) is 1. The molecule has 6 nitrogen and oxygen atoms in total. The monoisotopic (exact) mass is 316 g/mol. The van der Waals surface area contributed by atoms with Crippen LogP contribution in [0.1, 0.15) is 19.3 Å². The lowest BCUT2D eigenvalue weighted by atomic mass is 9.94. The van der Waals surface area contributed by atoms with Gasteiger partial charge in [0, 0.05) is 19.5 Å². The van der Waals surface area contributed by atoms with Gasteiger partial charge in [-0.2, -0.15) is 0 Å². The molecule has 8 heteroatoms. The van der Waals surface area contributed by atoms with Crippen molar-refractivity contribution < 1.29 is 22.7 Å². The second-order valence-electron chi connectivity index (χ2n) is 5.21. The van der Waals surface area contributed by atoms with Gasteiger partial charge in [0.2, 0.25) is 10.0 Å². The van der Waals surface area contributed by atoms with Crippen LogP contribution in [0.2, 0.25) is 0 Å². The Balaban J connectivity index is 2.20. The van der Waals surface area contributed by atoms with E-state index in [9.17, 15) is 17.6 Å². The maximum absolute atomic E-state index is 14.1. The summed E-state index contributed by atoms with van der Waals surface area (Å²) in [7, 11) is -3.94. The Morgan fingerprint density at radius 3 is 2.76 bits per heavy atom. The zero-order chi connectivity index (χ0) is 15.6. The van der Waals surface area contributed by atoms with E-state index in [-0.39, 0.29) is 22.9 Å². The number of anilines is 1. The molecule has 1 aromatic rings. The highest BCUT2D eigenvalue weighted by molar-refractivity contribution is 7.89. The molecule has 0 aromatic heterocycles. The van der Waals surface area contributed by atoms with Gasteiger partial charge in [0.25, 0.3) is 0 Å². The maximum atomic E-state index is 14.1. The van der Waals surface area contributed by atoms with Crippen molar-refractivity contribution in [1.29, 1.82) is 0 Å². The number of piperidine rings is 1. The van der Waals surface area contributed by atoms with Crippen molar-refractivity contribution in [3.05, 3.63) is 24.0 Å². The van der Waals surface area contributed by atoms with Crippen LogP contribution in [0.5, 0.6) is 0 Å². The van der Waals surface area contributed by atoms with Crippen LogP contribution in [0, 0.1) is 11.7 Å². The number of hydrogen-bond acceptors (Lipinski definition) is 4. The van der Waals surface area contributed by atoms with Gasteiger partial charge in [0.05, 0.1) is 10.6 Å². The average molecular weight is 316 g/mol. The first kappa shape index (κ1) is 15.7. The third-order valence-electron chi connectivity index (χ3n) is 3.57. The third-order valence-corrected chi connectivity index (χ3v) is 4.48. The first-order chi connectivity index (χ1) is 9.77. The van der Waals surface area contributed by atoms with Crippen LogP contribution in [0.4, 0.5) is 10.1 Å². The van der Waals surface area contributed by atoms with Gasteiger partial charge in [-0.25, -0.2) is 17.9 Å². The molecule has 0 aliphatic carbocycles. The van der Waals surface area contributed by atoms with Gasteiger partial charge >= 0.3 is 5.97 Å². The van der Waals surface area contributed by atoms with Crippen molar-refractivity contribution in [3.63, 3.8) is 0 Å². The number of sulfonamides is 1. The van der Waals surface area contributed by atoms with E-state index in [1.54, 1.807) is 4.90 Å². The molecular weight excluding hydrogens is 299 g/mol. The standard InChI is InChI=1S/C13H17FN2O4S/c14-11-7-10(21(15,19)20)3-4-12(11)16-5-1-2-9(8-16)6-13(17)18/h3-4,7,9H,1-2,5-6,8H2,(H,17,18)(H2,15,19,20). The number of benzene rings is 1. The molecule has 3 N–H and O–H groups in total. The third kappa shape index (κ3) is 3.92. The van der Waals surface area contributed by atoms with E-state index < -0.39 is 21.8 Å². The summed E-state index contributed by atoms with van der Waals surface area (Å²) in [5, 5.41) is 13.8. The highest BCUT2D eigenvalue weighted by atomic mass is 32.2. The number of rotatable bonds is 4. The van der Waals surface area contributed by atoms with Crippen molar-refractivity contribution in [2.75, 3.05) is 18.0 Å². The van der Waals surface area contributed by atoms with Gasteiger partial charge in [-0.05, 0) is 37.0 Å². The van der Waals surface area contributed by atoms with Crippen LogP contribution >= 0.6 is 0 Å². The molecule has 1 unspecified atom stereocenters. The smallest absolute Gasteiger partial charge is 0.303 e. The maximum Gasteiger partial charge on any atom is 0.303 e. The van der Waals surface area contributed by atoms with Crippen molar-refractivity contribution in [2.24, 2.45) is 11.1 Å². The summed E-state index contributed by atoms with van der Waals surface area (Å²) >= 11 is 0. The molecule has 1 aliphatic heterocycles. The molecule has 1 aromatic carbocycles. The van der Waals surface area contributed by atoms with Crippen LogP contribution in [0.3, 0.4) is 0 Å². The molecule has 1 saturated heterocycles. The highest BCUT2D eigenvalue weighted by Gasteiger charge is 2.24. The van der Waals surface area contributed by atoms with Crippen LogP contribution < -0.4 is 10.0 Å². The Morgan fingerprint density at radius 1 is 1.48 bits per heavy atom. The summed E-state index contributed by atoms with van der Waals surface area (Å²) < 4.78 is 36.4. The fourth-order valence-electron chi connectivity index (χ4n) is 2.62. The number of carboxylic acids is 1. The summed E-state index contributed by atoms with van der Waals surface area (Å²) in [6.45, 7) is 1.06. The van der Waals surface area contributed by atoms with Crippen LogP contribution in [-0.4, -0.2) is 32.6 Å². The van der Waals surface area contributed by atoms with E-state index in [0.29, 0.717) is 13.1 Å². The Bertz CT molecular complexity index is 648. The first-order valence-electron chi connectivity index (χ1n) is 6.56. The Kier molecular flexibility index (Phi) is 4.48. The van der Waals surface area contributed by atoms with Gasteiger partial charge < -0.3 is 10.0 Å². The summed E-state index contributed by atoms with van der Waals surface area (Å²) in [5.41, 5.74) is 0.275. The van der Waals surface area contributed by atoms with Crippen LogP contribution in [0.25, 0.3) is 0 Å². The van der Waals surface area contributed by atoms with Crippen LogP contribution in [0.15, 0.2) is 23.1 Å². The fourth-order valence-corrected chi connectivity index (χ4v) is 3.14. The zero-order valence-corrected chi connectivity index (χ0v) is 12.1. The Hall–Kier alpha value is -1.67. The van der Waals surface area contributed by atoms with E-state index in [1.807, 2.05) is 0 Å². The molecule has 0 saturated carbocycles. The zero-order valence-electron chi connectivity index (χ0n) is 11.3. The van der Waals surface area contributed by atoms with E-state index in [1.165, 1.54) is 12.1 Å². The highest BCUT2D eigenvalue weighted by Crippen LogP contribution is 2.28. The molecule has 1 atom stereocenters. The number of hydrogen-bond donors (Lipinski definition) is 2. The number of carboxylic acid groups (broad SMARTS) is 1. The van der Waals surface area contributed by atoms with Gasteiger partial charge in [0.15, 0.2) is 0 Å². The lowest BCUT2D eigenvalue weighted by Crippen LogP contribution is -2.36. The lowest BCUT2D eigenvalue weighted by molar-refractivity contribution is -0.138. The van der Waals surface area contributed by atoms with Crippen molar-refractivity contribution in [3.8, 4) is 0 Å². The SMILES string of the molecule is NS(=O)(=O)c1ccc(N2CCCC(CC(=O)O)C2)c(F)c1. The van der Waals surface area contributed by atoms with Crippen molar-refractivity contribution in [1.82, 2.24) is 0 Å². The van der Waals surface area contributed by atoms with Gasteiger partial charge in [-0.1, -0.05) is 0 Å². The molecule has 1 fully saturated rings. The minimum absolute atomic E-state index is 0.0337. The number of halogens is 1. The van der Waals surface area contributed by atoms with Crippen molar-refractivity contribution in [2.45, 2.75) is 24.2 Å². The molecule has 0 bridgehead atoms. The van der Waals surface area contributed by atoms with E-state index in [2.05, 4.69) is 0 Å². The predicted octanol–water partition coefficient (Wildman–Crippen LogP) is 1.16. The predicted molar refractivity (Wildman–Crippen MR) is 75.0 cm³/mol. The Morgan fingerprint density at radius 2 is 2.19 bits per heavy atom. The molecular formula is C13H17FN2O4S. The minimum Gasteiger partial charge on any atom is -0.481 e. The molecule has 0 amide bonds. The molecule has 21 heavy (non-hydrogen) atoms. The summed E-state index contributed by atoms with van der Waals surface area (Å²) in [4.78, 5) is 12.2. The largest absolute Gasteiger partial charge is 0.481 e. The summed E-state index contributed by atoms with van der Waals surface area (Å²) in [6, 6.07) is 3.53. The average Bonchev–Trinajstić information content (AvgIpc) is 2.37. The van der Waals surface area contributed by atoms with Crippen molar-refractivity contribution >= 4 is 21.7 Å². The second-order valence-corrected chi connectivity index (χ2v) is 6.77. The molecule has 2 rings (SSSR count). The molecule has 1 heterocycles. The topological polar surface area (TPSA) is 101 Å². The molecule has 0 spiro atoms. The number of nitrogens with zero attached hydrogens (tertiary/aromatic N) is 1. The lowest BCUT2D eigenvalue weighted by Gasteiger charge is -2.34. The molecule has 1 aliphatic rings. The van der Waals surface area contributed by atoms with Crippen LogP contribution in [-0.2, 0) is 14.8 Å². The fraction of sp³-hybridized carbons (Fsp3) is 0.462. The van der Waals surface area contributed by atoms with Gasteiger partial charge in [-0.3, -0.25) is 4.79 Å². The Labute approximate surface area is 122 Å². The normalized spacial score (nSPS) is 19.5. The quantitative estimate of drug-likeness (QED) is 0.868. The first-order valence-corrected chi connectivity index (χ1v) is 8.11. The summed E-state index contributed by atoms with van der Waals surface area (Å²) in [6.07, 6.45) is 1.61. The summed E-state index contributed by atoms with van der Waals surface area (Å²) in [5.74, 6) is -1.57. The number of aliphatic carboxylic acids is 1. The molecule has 0 radical (unpaired) electrons. The second kappa shape index (κ2) is 5.98. The van der Waals surface area contributed by atoms with E-state index in [0.717, 1.165) is 18.9 Å². The minimum atomic E-state index is -3.94.